The molecule has 7 heteroatoms. The van der Waals surface area contributed by atoms with Crippen molar-refractivity contribution < 1.29 is 23.8 Å². The molecule has 0 saturated carbocycles. The number of amides is 1. The van der Waals surface area contributed by atoms with E-state index < -0.39 is 0 Å². The zero-order chi connectivity index (χ0) is 25.1. The fraction of sp³-hybridized carbons (Fsp3) is 0.345. The molecular weight excluding hydrogens is 456 g/mol. The van der Waals surface area contributed by atoms with Gasteiger partial charge in [-0.3, -0.25) is 14.6 Å². The SMILES string of the molecule is COc1ccc([C@H](c2cccnc2)C2CCN(C(=O)c3ccc4c(c3)CC(=O)CO4)CC2)cc1OC. The number of aromatic nitrogens is 1. The first-order valence-electron chi connectivity index (χ1n) is 12.3. The van der Waals surface area contributed by atoms with Crippen LogP contribution in [0.1, 0.15) is 45.8 Å². The number of Topliss-reactive ketones (excluding diaryl/α,β-unsaturated/α-hetero) is 1. The Kier molecular flexibility index (Phi) is 6.89. The largest absolute Gasteiger partial charge is 0.493 e. The summed E-state index contributed by atoms with van der Waals surface area (Å²) in [6.45, 7) is 1.44. The molecule has 1 fully saturated rings. The zero-order valence-corrected chi connectivity index (χ0v) is 20.6. The topological polar surface area (TPSA) is 78.0 Å². The number of carbonyl (C=O) groups is 2. The van der Waals surface area contributed by atoms with E-state index in [1.54, 1.807) is 32.5 Å². The summed E-state index contributed by atoms with van der Waals surface area (Å²) < 4.78 is 16.5. The summed E-state index contributed by atoms with van der Waals surface area (Å²) in [6.07, 6.45) is 5.76. The number of hydrogen-bond donors (Lipinski definition) is 0. The second kappa shape index (κ2) is 10.4. The molecule has 3 aromatic rings. The lowest BCUT2D eigenvalue weighted by atomic mass is 9.76. The van der Waals surface area contributed by atoms with Crippen LogP contribution < -0.4 is 14.2 Å². The Labute approximate surface area is 211 Å². The molecule has 2 aromatic carbocycles. The molecule has 7 nitrogen and oxygen atoms in total. The number of ether oxygens (including phenoxy) is 3. The maximum atomic E-state index is 13.3. The molecule has 5 rings (SSSR count). The molecule has 1 saturated heterocycles. The molecule has 186 valence electrons. The predicted octanol–water partition coefficient (Wildman–Crippen LogP) is 4.29. The van der Waals surface area contributed by atoms with E-state index in [4.69, 9.17) is 14.2 Å². The minimum Gasteiger partial charge on any atom is -0.493 e. The van der Waals surface area contributed by atoms with Gasteiger partial charge in [0.2, 0.25) is 0 Å². The molecule has 0 aliphatic carbocycles. The third-order valence-electron chi connectivity index (χ3n) is 7.19. The Morgan fingerprint density at radius 1 is 1.03 bits per heavy atom. The van der Waals surface area contributed by atoms with Crippen molar-refractivity contribution >= 4 is 11.7 Å². The van der Waals surface area contributed by atoms with Gasteiger partial charge in [0.1, 0.15) is 12.4 Å². The number of methoxy groups -OCH3 is 2. The van der Waals surface area contributed by atoms with Crippen molar-refractivity contribution in [2.75, 3.05) is 33.9 Å². The average molecular weight is 487 g/mol. The van der Waals surface area contributed by atoms with Gasteiger partial charge >= 0.3 is 0 Å². The first-order chi connectivity index (χ1) is 17.6. The third kappa shape index (κ3) is 4.78. The van der Waals surface area contributed by atoms with Crippen LogP contribution in [0.4, 0.5) is 0 Å². The summed E-state index contributed by atoms with van der Waals surface area (Å²) in [5.74, 6) is 2.59. The molecule has 1 amide bonds. The number of ketones is 1. The summed E-state index contributed by atoms with van der Waals surface area (Å²) in [4.78, 5) is 31.4. The molecule has 0 spiro atoms. The van der Waals surface area contributed by atoms with Crippen molar-refractivity contribution in [2.45, 2.75) is 25.2 Å². The van der Waals surface area contributed by atoms with Crippen molar-refractivity contribution in [2.24, 2.45) is 5.92 Å². The van der Waals surface area contributed by atoms with Crippen LogP contribution in [0, 0.1) is 5.92 Å². The van der Waals surface area contributed by atoms with Crippen molar-refractivity contribution in [1.29, 1.82) is 0 Å². The van der Waals surface area contributed by atoms with Crippen LogP contribution >= 0.6 is 0 Å². The Balaban J connectivity index is 1.35. The number of hydrogen-bond acceptors (Lipinski definition) is 6. The average Bonchev–Trinajstić information content (AvgIpc) is 2.93. The molecule has 0 radical (unpaired) electrons. The molecule has 0 N–H and O–H groups in total. The Morgan fingerprint density at radius 3 is 2.56 bits per heavy atom. The third-order valence-corrected chi connectivity index (χ3v) is 7.19. The van der Waals surface area contributed by atoms with E-state index in [1.165, 1.54) is 0 Å². The maximum absolute atomic E-state index is 13.3. The molecule has 36 heavy (non-hydrogen) atoms. The molecule has 1 atom stereocenters. The summed E-state index contributed by atoms with van der Waals surface area (Å²) in [5, 5.41) is 0. The highest BCUT2D eigenvalue weighted by Gasteiger charge is 2.32. The van der Waals surface area contributed by atoms with Crippen LogP contribution in [0.5, 0.6) is 17.2 Å². The number of nitrogens with zero attached hydrogens (tertiary/aromatic N) is 2. The van der Waals surface area contributed by atoms with Crippen molar-refractivity contribution in [3.8, 4) is 17.2 Å². The number of likely N-dealkylation sites (tertiary alicyclic amines) is 1. The maximum Gasteiger partial charge on any atom is 0.253 e. The van der Waals surface area contributed by atoms with Gasteiger partial charge < -0.3 is 19.1 Å². The van der Waals surface area contributed by atoms with Crippen molar-refractivity contribution in [3.63, 3.8) is 0 Å². The van der Waals surface area contributed by atoms with Gasteiger partial charge in [0, 0.05) is 48.9 Å². The van der Waals surface area contributed by atoms with E-state index in [-0.39, 0.29) is 24.2 Å². The number of carbonyl (C=O) groups excluding carboxylic acids is 2. The lowest BCUT2D eigenvalue weighted by Gasteiger charge is -2.37. The van der Waals surface area contributed by atoms with E-state index in [0.29, 0.717) is 48.2 Å². The fourth-order valence-corrected chi connectivity index (χ4v) is 5.37. The number of benzene rings is 2. The zero-order valence-electron chi connectivity index (χ0n) is 20.6. The summed E-state index contributed by atoms with van der Waals surface area (Å²) in [7, 11) is 3.28. The summed E-state index contributed by atoms with van der Waals surface area (Å²) in [6, 6.07) is 15.6. The van der Waals surface area contributed by atoms with E-state index in [9.17, 15) is 9.59 Å². The van der Waals surface area contributed by atoms with E-state index >= 15 is 0 Å². The first-order valence-corrected chi connectivity index (χ1v) is 12.3. The number of piperidine rings is 1. The lowest BCUT2D eigenvalue weighted by molar-refractivity contribution is -0.121. The molecule has 1 aromatic heterocycles. The van der Waals surface area contributed by atoms with Gasteiger partial charge in [0.05, 0.1) is 14.2 Å². The van der Waals surface area contributed by atoms with Crippen LogP contribution in [-0.2, 0) is 11.2 Å². The van der Waals surface area contributed by atoms with Gasteiger partial charge in [-0.05, 0) is 66.3 Å². The standard InChI is InChI=1S/C29H30N2O5/c1-34-26-8-5-20(16-27(26)35-2)28(22-4-3-11-30-17-22)19-9-12-31(13-10-19)29(33)21-6-7-25-23(14-21)15-24(32)18-36-25/h3-8,11,14,16-17,19,28H,9-10,12-13,15,18H2,1-2H3/t28-/m1/s1. The van der Waals surface area contributed by atoms with Gasteiger partial charge in [-0.1, -0.05) is 12.1 Å². The highest BCUT2D eigenvalue weighted by atomic mass is 16.5. The fourth-order valence-electron chi connectivity index (χ4n) is 5.37. The van der Waals surface area contributed by atoms with E-state index in [2.05, 4.69) is 17.1 Å². The summed E-state index contributed by atoms with van der Waals surface area (Å²) >= 11 is 0. The molecule has 0 bridgehead atoms. The quantitative estimate of drug-likeness (QED) is 0.517. The van der Waals surface area contributed by atoms with E-state index in [1.807, 2.05) is 35.4 Å². The van der Waals surface area contributed by atoms with Crippen LogP contribution in [0.3, 0.4) is 0 Å². The second-order valence-electron chi connectivity index (χ2n) is 9.33. The minimum absolute atomic E-state index is 0.00156. The Bertz CT molecular complexity index is 1250. The second-order valence-corrected chi connectivity index (χ2v) is 9.33. The molecule has 2 aliphatic rings. The number of pyridine rings is 1. The molecule has 3 heterocycles. The monoisotopic (exact) mass is 486 g/mol. The first kappa shape index (κ1) is 23.9. The van der Waals surface area contributed by atoms with Gasteiger partial charge in [0.25, 0.3) is 5.91 Å². The van der Waals surface area contributed by atoms with E-state index in [0.717, 1.165) is 29.5 Å². The predicted molar refractivity (Wildman–Crippen MR) is 135 cm³/mol. The highest BCUT2D eigenvalue weighted by Crippen LogP contribution is 2.41. The van der Waals surface area contributed by atoms with Gasteiger partial charge in [-0.15, -0.1) is 0 Å². The minimum atomic E-state index is -0.00156. The normalized spacial score (nSPS) is 16.6. The summed E-state index contributed by atoms with van der Waals surface area (Å²) in [5.41, 5.74) is 3.69. The van der Waals surface area contributed by atoms with Crippen LogP contribution in [0.25, 0.3) is 0 Å². The van der Waals surface area contributed by atoms with Crippen LogP contribution in [0.15, 0.2) is 60.9 Å². The Hall–Kier alpha value is -3.87. The lowest BCUT2D eigenvalue weighted by Crippen LogP contribution is -2.40. The Morgan fingerprint density at radius 2 is 1.83 bits per heavy atom. The molecular formula is C29H30N2O5. The van der Waals surface area contributed by atoms with Crippen molar-refractivity contribution in [3.05, 3.63) is 83.2 Å². The molecule has 2 aliphatic heterocycles. The van der Waals surface area contributed by atoms with Crippen LogP contribution in [-0.4, -0.2) is 55.5 Å². The number of rotatable bonds is 6. The highest BCUT2D eigenvalue weighted by molar-refractivity contribution is 5.95. The van der Waals surface area contributed by atoms with Gasteiger partial charge in [-0.2, -0.15) is 0 Å². The smallest absolute Gasteiger partial charge is 0.253 e. The van der Waals surface area contributed by atoms with Crippen molar-refractivity contribution in [1.82, 2.24) is 9.88 Å². The van der Waals surface area contributed by atoms with Crippen LogP contribution in [0.2, 0.25) is 0 Å². The van der Waals surface area contributed by atoms with Gasteiger partial charge in [0.15, 0.2) is 17.3 Å². The number of fused-ring (bicyclic) bond motifs is 1. The molecule has 0 unspecified atom stereocenters. The van der Waals surface area contributed by atoms with Gasteiger partial charge in [-0.25, -0.2) is 0 Å².